The van der Waals surface area contributed by atoms with E-state index in [1.54, 1.807) is 72.8 Å². The highest BCUT2D eigenvalue weighted by Gasteiger charge is 2.13. The van der Waals surface area contributed by atoms with Crippen molar-refractivity contribution in [3.63, 3.8) is 0 Å². The number of benzene rings is 3. The minimum atomic E-state index is -0.497. The molecule has 3 rings (SSSR count). The summed E-state index contributed by atoms with van der Waals surface area (Å²) in [7, 11) is 0. The van der Waals surface area contributed by atoms with E-state index in [1.807, 2.05) is 13.0 Å². The van der Waals surface area contributed by atoms with Crippen molar-refractivity contribution in [1.82, 2.24) is 10.7 Å². The number of hydrogen-bond acceptors (Lipinski definition) is 6. The summed E-state index contributed by atoms with van der Waals surface area (Å²) in [5, 5.41) is 6.41. The second-order valence-corrected chi connectivity index (χ2v) is 6.74. The van der Waals surface area contributed by atoms with Crippen LogP contribution in [0.1, 0.15) is 33.2 Å². The summed E-state index contributed by atoms with van der Waals surface area (Å²) in [5.74, 6) is -0.684. The number of nitrogens with one attached hydrogen (secondary N) is 2. The molecule has 3 aromatic rings. The van der Waals surface area contributed by atoms with Crippen LogP contribution in [-0.4, -0.2) is 37.1 Å². The molecule has 0 aliphatic heterocycles. The zero-order valence-corrected chi connectivity index (χ0v) is 18.0. The van der Waals surface area contributed by atoms with Gasteiger partial charge in [0.1, 0.15) is 0 Å². The van der Waals surface area contributed by atoms with Gasteiger partial charge in [0.2, 0.25) is 0 Å². The molecule has 3 aromatic carbocycles. The van der Waals surface area contributed by atoms with E-state index in [0.717, 1.165) is 0 Å². The van der Waals surface area contributed by atoms with Gasteiger partial charge in [-0.15, -0.1) is 0 Å². The fraction of sp³-hybridized carbons (Fsp3) is 0.120. The summed E-state index contributed by atoms with van der Waals surface area (Å²) in [5.41, 5.74) is 3.85. The van der Waals surface area contributed by atoms with E-state index < -0.39 is 11.9 Å². The highest BCUT2D eigenvalue weighted by Crippen LogP contribution is 2.28. The molecule has 2 amide bonds. The second kappa shape index (κ2) is 11.8. The number of rotatable bonds is 9. The Kier molecular flexibility index (Phi) is 8.30. The first kappa shape index (κ1) is 23.2. The van der Waals surface area contributed by atoms with Crippen molar-refractivity contribution in [3.8, 4) is 11.5 Å². The number of hydrazone groups is 1. The van der Waals surface area contributed by atoms with Crippen molar-refractivity contribution in [1.29, 1.82) is 0 Å². The van der Waals surface area contributed by atoms with Gasteiger partial charge in [0.15, 0.2) is 11.5 Å². The van der Waals surface area contributed by atoms with Gasteiger partial charge in [-0.2, -0.15) is 5.10 Å². The molecule has 0 unspecified atom stereocenters. The van der Waals surface area contributed by atoms with E-state index in [2.05, 4.69) is 15.8 Å². The first-order chi connectivity index (χ1) is 16.1. The van der Waals surface area contributed by atoms with Gasteiger partial charge in [-0.3, -0.25) is 9.59 Å². The van der Waals surface area contributed by atoms with Gasteiger partial charge in [-0.1, -0.05) is 36.4 Å². The van der Waals surface area contributed by atoms with Crippen LogP contribution in [0.15, 0.2) is 84.0 Å². The number of ether oxygens (including phenoxy) is 2. The SMILES string of the molecule is CCOc1cc(/C=N/NC(=O)CNC(=O)c2ccccc2)ccc1OC(=O)c1ccccc1. The molecule has 33 heavy (non-hydrogen) atoms. The van der Waals surface area contributed by atoms with Crippen LogP contribution in [0.25, 0.3) is 0 Å². The van der Waals surface area contributed by atoms with E-state index in [-0.39, 0.29) is 18.2 Å². The molecule has 8 heteroatoms. The van der Waals surface area contributed by atoms with Crippen molar-refractivity contribution < 1.29 is 23.9 Å². The molecule has 0 atom stereocenters. The number of carbonyl (C=O) groups excluding carboxylic acids is 3. The largest absolute Gasteiger partial charge is 0.490 e. The van der Waals surface area contributed by atoms with Gasteiger partial charge in [-0.05, 0) is 55.0 Å². The van der Waals surface area contributed by atoms with Crippen LogP contribution in [0, 0.1) is 0 Å². The maximum atomic E-state index is 12.3. The molecular formula is C25H23N3O5. The Labute approximate surface area is 191 Å². The van der Waals surface area contributed by atoms with Crippen molar-refractivity contribution in [2.45, 2.75) is 6.92 Å². The van der Waals surface area contributed by atoms with Gasteiger partial charge in [0.05, 0.1) is 24.9 Å². The predicted octanol–water partition coefficient (Wildman–Crippen LogP) is 3.18. The minimum Gasteiger partial charge on any atom is -0.490 e. The van der Waals surface area contributed by atoms with E-state index in [0.29, 0.717) is 29.0 Å². The van der Waals surface area contributed by atoms with Crippen LogP contribution in [0.3, 0.4) is 0 Å². The van der Waals surface area contributed by atoms with Gasteiger partial charge < -0.3 is 14.8 Å². The molecule has 0 spiro atoms. The van der Waals surface area contributed by atoms with E-state index in [9.17, 15) is 14.4 Å². The summed E-state index contributed by atoms with van der Waals surface area (Å²) in [6, 6.07) is 22.1. The van der Waals surface area contributed by atoms with Crippen molar-refractivity contribution in [2.75, 3.05) is 13.2 Å². The van der Waals surface area contributed by atoms with Crippen LogP contribution in [0.2, 0.25) is 0 Å². The molecule has 0 saturated heterocycles. The van der Waals surface area contributed by atoms with E-state index in [4.69, 9.17) is 9.47 Å². The van der Waals surface area contributed by atoms with Crippen LogP contribution >= 0.6 is 0 Å². The van der Waals surface area contributed by atoms with E-state index in [1.165, 1.54) is 6.21 Å². The molecule has 0 aliphatic carbocycles. The molecule has 0 bridgehead atoms. The average Bonchev–Trinajstić information content (AvgIpc) is 2.85. The lowest BCUT2D eigenvalue weighted by molar-refractivity contribution is -0.120. The molecule has 8 nitrogen and oxygen atoms in total. The van der Waals surface area contributed by atoms with E-state index >= 15 is 0 Å². The fourth-order valence-electron chi connectivity index (χ4n) is 2.76. The molecular weight excluding hydrogens is 422 g/mol. The Bertz CT molecular complexity index is 1130. The Morgan fingerprint density at radius 1 is 0.879 bits per heavy atom. The lowest BCUT2D eigenvalue weighted by atomic mass is 10.2. The third kappa shape index (κ3) is 7.03. The fourth-order valence-corrected chi connectivity index (χ4v) is 2.76. The monoisotopic (exact) mass is 445 g/mol. The molecule has 0 fully saturated rings. The third-order valence-corrected chi connectivity index (χ3v) is 4.33. The lowest BCUT2D eigenvalue weighted by Crippen LogP contribution is -2.34. The van der Waals surface area contributed by atoms with Crippen LogP contribution in [0.4, 0.5) is 0 Å². The summed E-state index contributed by atoms with van der Waals surface area (Å²) >= 11 is 0. The zero-order valence-electron chi connectivity index (χ0n) is 18.0. The Hall–Kier alpha value is -4.46. The summed E-state index contributed by atoms with van der Waals surface area (Å²) < 4.78 is 11.0. The Morgan fingerprint density at radius 3 is 2.21 bits per heavy atom. The normalized spacial score (nSPS) is 10.5. The van der Waals surface area contributed by atoms with Crippen molar-refractivity contribution in [2.24, 2.45) is 5.10 Å². The summed E-state index contributed by atoms with van der Waals surface area (Å²) in [4.78, 5) is 36.2. The smallest absolute Gasteiger partial charge is 0.343 e. The number of hydrogen-bond donors (Lipinski definition) is 2. The maximum absolute atomic E-state index is 12.3. The lowest BCUT2D eigenvalue weighted by Gasteiger charge is -2.11. The molecule has 0 aliphatic rings. The van der Waals surface area contributed by atoms with Crippen LogP contribution in [-0.2, 0) is 4.79 Å². The molecule has 0 heterocycles. The Morgan fingerprint density at radius 2 is 1.55 bits per heavy atom. The molecule has 0 radical (unpaired) electrons. The van der Waals surface area contributed by atoms with Crippen LogP contribution in [0.5, 0.6) is 11.5 Å². The topological polar surface area (TPSA) is 106 Å². The first-order valence-corrected chi connectivity index (χ1v) is 10.3. The third-order valence-electron chi connectivity index (χ3n) is 4.33. The Balaban J connectivity index is 1.56. The van der Waals surface area contributed by atoms with Gasteiger partial charge in [0, 0.05) is 5.56 Å². The summed E-state index contributed by atoms with van der Waals surface area (Å²) in [6.07, 6.45) is 1.42. The van der Waals surface area contributed by atoms with Crippen molar-refractivity contribution in [3.05, 3.63) is 95.6 Å². The summed E-state index contributed by atoms with van der Waals surface area (Å²) in [6.45, 7) is 1.96. The average molecular weight is 445 g/mol. The van der Waals surface area contributed by atoms with Crippen LogP contribution < -0.4 is 20.2 Å². The zero-order chi connectivity index (χ0) is 23.5. The molecule has 168 valence electrons. The van der Waals surface area contributed by atoms with Gasteiger partial charge in [0.25, 0.3) is 11.8 Å². The maximum Gasteiger partial charge on any atom is 0.343 e. The highest BCUT2D eigenvalue weighted by molar-refractivity contribution is 5.96. The first-order valence-electron chi connectivity index (χ1n) is 10.3. The number of carbonyl (C=O) groups is 3. The molecule has 0 aromatic heterocycles. The van der Waals surface area contributed by atoms with Gasteiger partial charge in [-0.25, -0.2) is 10.2 Å². The minimum absolute atomic E-state index is 0.219. The van der Waals surface area contributed by atoms with Crippen molar-refractivity contribution >= 4 is 24.0 Å². The number of esters is 1. The van der Waals surface area contributed by atoms with Gasteiger partial charge >= 0.3 is 5.97 Å². The quantitative estimate of drug-likeness (QED) is 0.228. The number of amides is 2. The molecule has 0 saturated carbocycles. The number of nitrogens with zero attached hydrogens (tertiary/aromatic N) is 1. The second-order valence-electron chi connectivity index (χ2n) is 6.74. The molecule has 2 N–H and O–H groups in total. The predicted molar refractivity (Wildman–Crippen MR) is 124 cm³/mol. The highest BCUT2D eigenvalue weighted by atomic mass is 16.6. The standard InChI is InChI=1S/C25H23N3O5/c1-2-32-22-15-18(13-14-21(22)33-25(31)20-11-7-4-8-12-20)16-27-28-23(29)17-26-24(30)19-9-5-3-6-10-19/h3-16H,2,17H2,1H3,(H,26,30)(H,28,29)/b27-16+.